The van der Waals surface area contributed by atoms with Crippen molar-refractivity contribution in [3.63, 3.8) is 0 Å². The number of piperidine rings is 1. The van der Waals surface area contributed by atoms with Crippen molar-refractivity contribution in [3.8, 4) is 17.0 Å². The quantitative estimate of drug-likeness (QED) is 0.404. The summed E-state index contributed by atoms with van der Waals surface area (Å²) in [5.41, 5.74) is 5.40. The van der Waals surface area contributed by atoms with Crippen LogP contribution in [0.3, 0.4) is 0 Å². The molecular formula is C26H29N5O2. The van der Waals surface area contributed by atoms with Crippen LogP contribution in [0.25, 0.3) is 11.3 Å². The van der Waals surface area contributed by atoms with E-state index in [1.807, 2.05) is 54.6 Å². The van der Waals surface area contributed by atoms with Crippen LogP contribution in [0.5, 0.6) is 5.75 Å². The molecular weight excluding hydrogens is 414 g/mol. The number of benzene rings is 2. The molecule has 2 aromatic carbocycles. The highest BCUT2D eigenvalue weighted by Crippen LogP contribution is 2.23. The van der Waals surface area contributed by atoms with Crippen molar-refractivity contribution in [1.29, 1.82) is 0 Å². The minimum absolute atomic E-state index is 0.293. The summed E-state index contributed by atoms with van der Waals surface area (Å²) in [6.45, 7) is 4.52. The molecule has 1 aliphatic rings. The Morgan fingerprint density at radius 2 is 1.88 bits per heavy atom. The largest absolute Gasteiger partial charge is 0.494 e. The number of hydrogen-bond acceptors (Lipinski definition) is 6. The molecule has 33 heavy (non-hydrogen) atoms. The monoisotopic (exact) mass is 443 g/mol. The Morgan fingerprint density at radius 3 is 2.67 bits per heavy atom. The van der Waals surface area contributed by atoms with Crippen LogP contribution in [0.1, 0.15) is 48.7 Å². The lowest BCUT2D eigenvalue weighted by molar-refractivity contribution is 0.0950. The lowest BCUT2D eigenvalue weighted by Gasteiger charge is -2.27. The van der Waals surface area contributed by atoms with Gasteiger partial charge in [0.05, 0.1) is 18.5 Å². The molecule has 7 nitrogen and oxygen atoms in total. The van der Waals surface area contributed by atoms with Gasteiger partial charge in [-0.15, -0.1) is 0 Å². The van der Waals surface area contributed by atoms with Crippen molar-refractivity contribution < 1.29 is 9.53 Å². The zero-order valence-corrected chi connectivity index (χ0v) is 18.9. The predicted octanol–water partition coefficient (Wildman–Crippen LogP) is 4.69. The van der Waals surface area contributed by atoms with Gasteiger partial charge in [-0.2, -0.15) is 5.10 Å². The van der Waals surface area contributed by atoms with Crippen LogP contribution >= 0.6 is 0 Å². The van der Waals surface area contributed by atoms with Gasteiger partial charge in [0, 0.05) is 18.7 Å². The Hall–Kier alpha value is -3.74. The van der Waals surface area contributed by atoms with Gasteiger partial charge in [0.15, 0.2) is 0 Å². The fraction of sp³-hybridized carbons (Fsp3) is 0.308. The van der Waals surface area contributed by atoms with E-state index in [9.17, 15) is 4.79 Å². The van der Waals surface area contributed by atoms with E-state index in [0.717, 1.165) is 54.9 Å². The van der Waals surface area contributed by atoms with E-state index in [4.69, 9.17) is 9.72 Å². The van der Waals surface area contributed by atoms with Gasteiger partial charge in [-0.25, -0.2) is 15.4 Å². The fourth-order valence-electron chi connectivity index (χ4n) is 3.67. The molecule has 2 heterocycles. The third kappa shape index (κ3) is 6.16. The van der Waals surface area contributed by atoms with Crippen molar-refractivity contribution in [3.05, 3.63) is 71.9 Å². The molecule has 1 fully saturated rings. The summed E-state index contributed by atoms with van der Waals surface area (Å²) in [6.07, 6.45) is 5.96. The van der Waals surface area contributed by atoms with Gasteiger partial charge in [-0.1, -0.05) is 49.4 Å². The lowest BCUT2D eigenvalue weighted by Crippen LogP contribution is -2.32. The van der Waals surface area contributed by atoms with E-state index in [1.54, 1.807) is 12.3 Å². The van der Waals surface area contributed by atoms with Crippen molar-refractivity contribution in [2.45, 2.75) is 32.6 Å². The Balaban J connectivity index is 1.53. The number of hydrogen-bond donors (Lipinski definition) is 1. The minimum atomic E-state index is -0.373. The van der Waals surface area contributed by atoms with Crippen LogP contribution in [0.4, 0.5) is 5.95 Å². The smallest absolute Gasteiger partial charge is 0.290 e. The molecule has 0 bridgehead atoms. The number of ether oxygens (including phenoxy) is 1. The zero-order chi connectivity index (χ0) is 22.9. The van der Waals surface area contributed by atoms with Crippen molar-refractivity contribution >= 4 is 18.1 Å². The maximum absolute atomic E-state index is 12.9. The maximum atomic E-state index is 12.9. The Morgan fingerprint density at radius 1 is 1.06 bits per heavy atom. The second kappa shape index (κ2) is 11.2. The minimum Gasteiger partial charge on any atom is -0.494 e. The first kappa shape index (κ1) is 22.5. The summed E-state index contributed by atoms with van der Waals surface area (Å²) in [7, 11) is 0. The Labute approximate surface area is 194 Å². The number of nitrogens with zero attached hydrogens (tertiary/aromatic N) is 4. The Bertz CT molecular complexity index is 1090. The number of aromatic nitrogens is 2. The van der Waals surface area contributed by atoms with E-state index in [1.165, 1.54) is 6.42 Å². The summed E-state index contributed by atoms with van der Waals surface area (Å²) in [5, 5.41) is 4.13. The average Bonchev–Trinajstić information content (AvgIpc) is 2.88. The molecule has 3 aromatic rings. The van der Waals surface area contributed by atoms with E-state index in [0.29, 0.717) is 18.2 Å². The van der Waals surface area contributed by atoms with Gasteiger partial charge in [-0.3, -0.25) is 4.79 Å². The van der Waals surface area contributed by atoms with Crippen LogP contribution in [0, 0.1) is 0 Å². The average molecular weight is 444 g/mol. The van der Waals surface area contributed by atoms with Crippen molar-refractivity contribution in [1.82, 2.24) is 15.4 Å². The van der Waals surface area contributed by atoms with Crippen LogP contribution in [0.15, 0.2) is 65.8 Å². The molecule has 1 aromatic heterocycles. The highest BCUT2D eigenvalue weighted by atomic mass is 16.5. The first-order valence-corrected chi connectivity index (χ1v) is 11.5. The first-order chi connectivity index (χ1) is 16.2. The molecule has 0 saturated carbocycles. The molecule has 0 aliphatic carbocycles. The van der Waals surface area contributed by atoms with Gasteiger partial charge in [-0.05, 0) is 49.4 Å². The van der Waals surface area contributed by atoms with Gasteiger partial charge in [0.2, 0.25) is 5.95 Å². The molecule has 0 unspecified atom stereocenters. The lowest BCUT2D eigenvalue weighted by atomic mass is 10.1. The number of amides is 1. The fourth-order valence-corrected chi connectivity index (χ4v) is 3.67. The molecule has 170 valence electrons. The highest BCUT2D eigenvalue weighted by Gasteiger charge is 2.18. The summed E-state index contributed by atoms with van der Waals surface area (Å²) < 4.78 is 5.65. The van der Waals surface area contributed by atoms with E-state index in [-0.39, 0.29) is 5.91 Å². The Kier molecular flexibility index (Phi) is 7.64. The van der Waals surface area contributed by atoms with Gasteiger partial charge in [0.25, 0.3) is 5.91 Å². The van der Waals surface area contributed by atoms with Crippen molar-refractivity contribution in [2.24, 2.45) is 5.10 Å². The molecule has 0 spiro atoms. The number of hydrazone groups is 1. The number of carbonyl (C=O) groups is 1. The molecule has 0 radical (unpaired) electrons. The normalized spacial score (nSPS) is 13.8. The molecule has 4 rings (SSSR count). The number of rotatable bonds is 8. The van der Waals surface area contributed by atoms with E-state index in [2.05, 4.69) is 27.3 Å². The molecule has 1 saturated heterocycles. The van der Waals surface area contributed by atoms with Crippen LogP contribution in [-0.4, -0.2) is 41.8 Å². The summed E-state index contributed by atoms with van der Waals surface area (Å²) in [5.74, 6) is 0.995. The summed E-state index contributed by atoms with van der Waals surface area (Å²) in [6, 6.07) is 19.1. The van der Waals surface area contributed by atoms with Crippen LogP contribution < -0.4 is 15.1 Å². The van der Waals surface area contributed by atoms with Crippen LogP contribution in [-0.2, 0) is 0 Å². The number of nitrogens with one attached hydrogen (secondary N) is 1. The third-order valence-electron chi connectivity index (χ3n) is 5.37. The van der Waals surface area contributed by atoms with E-state index < -0.39 is 0 Å². The molecule has 7 heteroatoms. The molecule has 1 amide bonds. The second-order valence-electron chi connectivity index (χ2n) is 7.97. The SMILES string of the molecule is CCCOc1cccc(/C=N/NC(=O)c2cc(-c3ccccc3)nc(N3CCCCC3)n2)c1. The maximum Gasteiger partial charge on any atom is 0.290 e. The first-order valence-electron chi connectivity index (χ1n) is 11.5. The number of carbonyl (C=O) groups excluding carboxylic acids is 1. The van der Waals surface area contributed by atoms with Crippen molar-refractivity contribution in [2.75, 3.05) is 24.6 Å². The zero-order valence-electron chi connectivity index (χ0n) is 18.9. The summed E-state index contributed by atoms with van der Waals surface area (Å²) >= 11 is 0. The molecule has 1 aliphatic heterocycles. The van der Waals surface area contributed by atoms with E-state index >= 15 is 0 Å². The number of anilines is 1. The topological polar surface area (TPSA) is 79.7 Å². The second-order valence-corrected chi connectivity index (χ2v) is 7.97. The predicted molar refractivity (Wildman–Crippen MR) is 131 cm³/mol. The van der Waals surface area contributed by atoms with Gasteiger partial charge < -0.3 is 9.64 Å². The summed E-state index contributed by atoms with van der Waals surface area (Å²) in [4.78, 5) is 24.4. The third-order valence-corrected chi connectivity index (χ3v) is 5.37. The van der Waals surface area contributed by atoms with Gasteiger partial charge >= 0.3 is 0 Å². The van der Waals surface area contributed by atoms with Crippen LogP contribution in [0.2, 0.25) is 0 Å². The van der Waals surface area contributed by atoms with Gasteiger partial charge in [0.1, 0.15) is 11.4 Å². The molecule has 1 N–H and O–H groups in total. The standard InChI is InChI=1S/C26H29N5O2/c1-2-16-33-22-13-9-10-20(17-22)19-27-30-25(32)24-18-23(21-11-5-3-6-12-21)28-26(29-24)31-14-7-4-8-15-31/h3,5-6,9-13,17-19H,2,4,7-8,14-16H2,1H3,(H,30,32)/b27-19+. The molecule has 0 atom stereocenters. The highest BCUT2D eigenvalue weighted by molar-refractivity contribution is 5.94.